The summed E-state index contributed by atoms with van der Waals surface area (Å²) in [6.45, 7) is 20.3. The Morgan fingerprint density at radius 2 is 1.50 bits per heavy atom. The van der Waals surface area contributed by atoms with Gasteiger partial charge in [-0.2, -0.15) is 0 Å². The van der Waals surface area contributed by atoms with Gasteiger partial charge in [0.1, 0.15) is 6.23 Å². The lowest BCUT2D eigenvalue weighted by molar-refractivity contribution is -0.137. The van der Waals surface area contributed by atoms with Crippen molar-refractivity contribution in [1.82, 2.24) is 0 Å². The van der Waals surface area contributed by atoms with Crippen molar-refractivity contribution < 1.29 is 17.8 Å². The Kier molecular flexibility index (Phi) is 8.50. The van der Waals surface area contributed by atoms with Gasteiger partial charge in [-0.3, -0.25) is 0 Å². The number of hydrogen-bond donors (Lipinski definition) is 0. The predicted molar refractivity (Wildman–Crippen MR) is 100 cm³/mol. The van der Waals surface area contributed by atoms with E-state index in [2.05, 4.69) is 52.8 Å². The normalized spacial score (nSPS) is 13.1. The van der Waals surface area contributed by atoms with Crippen molar-refractivity contribution in [2.75, 3.05) is 6.23 Å². The minimum absolute atomic E-state index is 0.343. The summed E-state index contributed by atoms with van der Waals surface area (Å²) in [5.41, 5.74) is 0.422. The third-order valence-corrected chi connectivity index (χ3v) is 13.8. The molecule has 0 saturated heterocycles. The molecular weight excluding hydrogens is 328 g/mol. The summed E-state index contributed by atoms with van der Waals surface area (Å²) in [4.78, 5) is 11.5. The molecule has 0 radical (unpaired) electrons. The standard InChI is InChI=1S/C15H34O4Si3/c1-10-11-12-20(4,5)18-22(8,9)19-21(6,7)13-17-15(16)14(2)3/h2,10-13H2,1,3-9H3. The molecule has 0 aliphatic rings. The van der Waals surface area contributed by atoms with Crippen LogP contribution in [0.3, 0.4) is 0 Å². The molecule has 0 N–H and O–H groups in total. The maximum Gasteiger partial charge on any atom is 0.332 e. The third-order valence-electron chi connectivity index (χ3n) is 3.08. The molecule has 0 spiro atoms. The van der Waals surface area contributed by atoms with Gasteiger partial charge in [-0.15, -0.1) is 0 Å². The van der Waals surface area contributed by atoms with Gasteiger partial charge in [0.05, 0.1) is 0 Å². The van der Waals surface area contributed by atoms with Crippen LogP contribution in [-0.2, 0) is 17.8 Å². The smallest absolute Gasteiger partial charge is 0.332 e. The maximum absolute atomic E-state index is 11.5. The van der Waals surface area contributed by atoms with Crippen LogP contribution < -0.4 is 0 Å². The van der Waals surface area contributed by atoms with E-state index in [-0.39, 0.29) is 5.97 Å². The second-order valence-electron chi connectivity index (χ2n) is 7.58. The highest BCUT2D eigenvalue weighted by Gasteiger charge is 2.40. The molecule has 0 aromatic rings. The molecule has 0 heterocycles. The zero-order valence-corrected chi connectivity index (χ0v) is 18.7. The van der Waals surface area contributed by atoms with Gasteiger partial charge in [0.2, 0.25) is 8.32 Å². The summed E-state index contributed by atoms with van der Waals surface area (Å²) in [6.07, 6.45) is 2.75. The molecule has 0 aromatic heterocycles. The molecule has 22 heavy (non-hydrogen) atoms. The van der Waals surface area contributed by atoms with Gasteiger partial charge in [-0.25, -0.2) is 4.79 Å². The predicted octanol–water partition coefficient (Wildman–Crippen LogP) is 4.59. The second kappa shape index (κ2) is 8.58. The molecule has 0 saturated carbocycles. The second-order valence-corrected chi connectivity index (χ2v) is 19.8. The largest absolute Gasteiger partial charge is 0.463 e. The molecule has 0 aliphatic carbocycles. The van der Waals surface area contributed by atoms with E-state index in [1.54, 1.807) is 6.92 Å². The van der Waals surface area contributed by atoms with E-state index in [0.29, 0.717) is 11.8 Å². The van der Waals surface area contributed by atoms with Gasteiger partial charge in [-0.1, -0.05) is 26.3 Å². The number of esters is 1. The van der Waals surface area contributed by atoms with Crippen molar-refractivity contribution >= 4 is 31.2 Å². The van der Waals surface area contributed by atoms with Crippen molar-refractivity contribution in [2.24, 2.45) is 0 Å². The fourth-order valence-electron chi connectivity index (χ4n) is 2.40. The van der Waals surface area contributed by atoms with E-state index in [0.717, 1.165) is 6.04 Å². The zero-order valence-electron chi connectivity index (χ0n) is 15.7. The summed E-state index contributed by atoms with van der Waals surface area (Å²) < 4.78 is 18.1. The van der Waals surface area contributed by atoms with E-state index in [1.165, 1.54) is 12.8 Å². The molecule has 130 valence electrons. The van der Waals surface area contributed by atoms with Gasteiger partial charge in [-0.05, 0) is 52.2 Å². The van der Waals surface area contributed by atoms with E-state index < -0.39 is 25.2 Å². The van der Waals surface area contributed by atoms with Crippen molar-refractivity contribution in [2.45, 2.75) is 72.0 Å². The SMILES string of the molecule is C=C(C)C(=O)OC[Si](C)(C)O[Si](C)(C)O[Si](C)(C)CCCC. The van der Waals surface area contributed by atoms with Crippen LogP contribution in [0.2, 0.25) is 45.3 Å². The highest BCUT2D eigenvalue weighted by Crippen LogP contribution is 2.24. The minimum Gasteiger partial charge on any atom is -0.463 e. The van der Waals surface area contributed by atoms with Crippen molar-refractivity contribution in [1.29, 1.82) is 0 Å². The van der Waals surface area contributed by atoms with Crippen molar-refractivity contribution in [3.63, 3.8) is 0 Å². The summed E-state index contributed by atoms with van der Waals surface area (Å²) in [5, 5.41) is 0. The van der Waals surface area contributed by atoms with Gasteiger partial charge in [0.15, 0.2) is 8.32 Å². The number of ether oxygens (including phenoxy) is 1. The molecule has 0 aliphatic heterocycles. The Morgan fingerprint density at radius 3 is 1.95 bits per heavy atom. The maximum atomic E-state index is 11.5. The quantitative estimate of drug-likeness (QED) is 0.324. The molecule has 0 bridgehead atoms. The lowest BCUT2D eigenvalue weighted by Crippen LogP contribution is -2.54. The molecule has 0 atom stereocenters. The van der Waals surface area contributed by atoms with Gasteiger partial charge in [0.25, 0.3) is 0 Å². The van der Waals surface area contributed by atoms with Crippen LogP contribution in [0, 0.1) is 0 Å². The first-order chi connectivity index (χ1) is 9.80. The average molecular weight is 363 g/mol. The van der Waals surface area contributed by atoms with Crippen LogP contribution in [0.4, 0.5) is 0 Å². The first-order valence-corrected chi connectivity index (χ1v) is 17.1. The number of carbonyl (C=O) groups is 1. The van der Waals surface area contributed by atoms with Crippen molar-refractivity contribution in [3.8, 4) is 0 Å². The summed E-state index contributed by atoms with van der Waals surface area (Å²) >= 11 is 0. The molecule has 0 fully saturated rings. The Bertz CT molecular complexity index is 392. The lowest BCUT2D eigenvalue weighted by Gasteiger charge is -2.38. The Labute approximate surface area is 139 Å². The number of carbonyl (C=O) groups excluding carboxylic acids is 1. The monoisotopic (exact) mass is 362 g/mol. The first-order valence-electron chi connectivity index (χ1n) is 8.03. The molecule has 0 aromatic carbocycles. The van der Waals surface area contributed by atoms with Gasteiger partial charge < -0.3 is 13.0 Å². The van der Waals surface area contributed by atoms with Crippen LogP contribution in [0.5, 0.6) is 0 Å². The van der Waals surface area contributed by atoms with Crippen LogP contribution in [0.15, 0.2) is 12.2 Å². The van der Waals surface area contributed by atoms with Crippen LogP contribution in [0.1, 0.15) is 26.7 Å². The molecule has 7 heteroatoms. The van der Waals surface area contributed by atoms with E-state index >= 15 is 0 Å². The Balaban J connectivity index is 4.59. The van der Waals surface area contributed by atoms with Crippen LogP contribution in [-0.4, -0.2) is 37.4 Å². The van der Waals surface area contributed by atoms with E-state index in [9.17, 15) is 4.79 Å². The van der Waals surface area contributed by atoms with Crippen molar-refractivity contribution in [3.05, 3.63) is 12.2 Å². The summed E-state index contributed by atoms with van der Waals surface area (Å²) in [7, 11) is -6.00. The summed E-state index contributed by atoms with van der Waals surface area (Å²) in [5.74, 6) is -0.345. The minimum atomic E-state index is -2.21. The van der Waals surface area contributed by atoms with E-state index in [1.807, 2.05) is 0 Å². The van der Waals surface area contributed by atoms with Crippen LogP contribution >= 0.6 is 0 Å². The zero-order chi connectivity index (χ0) is 17.6. The van der Waals surface area contributed by atoms with E-state index in [4.69, 9.17) is 13.0 Å². The molecule has 0 amide bonds. The number of rotatable bonds is 10. The average Bonchev–Trinajstić information content (AvgIpc) is 2.30. The topological polar surface area (TPSA) is 44.8 Å². The lowest BCUT2D eigenvalue weighted by atomic mass is 10.4. The highest BCUT2D eigenvalue weighted by molar-refractivity contribution is 6.87. The summed E-state index contributed by atoms with van der Waals surface area (Å²) in [6, 6.07) is 1.16. The molecule has 0 rings (SSSR count). The Morgan fingerprint density at radius 1 is 1.00 bits per heavy atom. The van der Waals surface area contributed by atoms with Gasteiger partial charge in [0, 0.05) is 5.57 Å². The molecule has 0 unspecified atom stereocenters. The number of hydrogen-bond acceptors (Lipinski definition) is 4. The highest BCUT2D eigenvalue weighted by atomic mass is 28.5. The third kappa shape index (κ3) is 9.73. The fourth-order valence-corrected chi connectivity index (χ4v) is 15.9. The van der Waals surface area contributed by atoms with Crippen LogP contribution in [0.25, 0.3) is 0 Å². The molecular formula is C15H34O4Si3. The van der Waals surface area contributed by atoms with Gasteiger partial charge >= 0.3 is 14.5 Å². The Hall–Kier alpha value is -0.219. The first kappa shape index (κ1) is 21.8. The molecule has 4 nitrogen and oxygen atoms in total. The fraction of sp³-hybridized carbons (Fsp3) is 0.800. The number of unbranched alkanes of at least 4 members (excludes halogenated alkanes) is 1.